The molecular formula is C23H36O3. The first-order valence-corrected chi connectivity index (χ1v) is 11.0. The molecule has 3 nitrogen and oxygen atoms in total. The third-order valence-corrected chi connectivity index (χ3v) is 9.57. The Morgan fingerprint density at radius 1 is 0.962 bits per heavy atom. The second-order valence-electron chi connectivity index (χ2n) is 10.5. The van der Waals surface area contributed by atoms with Gasteiger partial charge in [0.15, 0.2) is 5.79 Å². The zero-order chi connectivity index (χ0) is 18.2. The van der Waals surface area contributed by atoms with Crippen LogP contribution in [0.1, 0.15) is 72.1 Å². The lowest BCUT2D eigenvalue weighted by molar-refractivity contribution is -0.214. The molecule has 1 saturated heterocycles. The van der Waals surface area contributed by atoms with Crippen LogP contribution < -0.4 is 0 Å². The van der Waals surface area contributed by atoms with Crippen molar-refractivity contribution in [3.05, 3.63) is 11.6 Å². The minimum Gasteiger partial charge on any atom is -0.393 e. The van der Waals surface area contributed by atoms with Gasteiger partial charge in [0.05, 0.1) is 19.3 Å². The van der Waals surface area contributed by atoms with Crippen molar-refractivity contribution < 1.29 is 14.6 Å². The van der Waals surface area contributed by atoms with Gasteiger partial charge < -0.3 is 14.6 Å². The monoisotopic (exact) mass is 360 g/mol. The van der Waals surface area contributed by atoms with Crippen LogP contribution in [0.15, 0.2) is 11.6 Å². The molecule has 3 saturated carbocycles. The Morgan fingerprint density at radius 2 is 1.73 bits per heavy atom. The SMILES string of the molecule is CC1(C2CCC3C4CC=C5C[C@@H](O)CC[C@]5(C)C4CC[C@@]32C)OCCO1. The summed E-state index contributed by atoms with van der Waals surface area (Å²) in [6.07, 6.45) is 12.0. The molecule has 4 unspecified atom stereocenters. The number of ether oxygens (including phenoxy) is 2. The van der Waals surface area contributed by atoms with Crippen molar-refractivity contribution in [3.8, 4) is 0 Å². The molecule has 1 heterocycles. The van der Waals surface area contributed by atoms with E-state index in [1.54, 1.807) is 5.57 Å². The van der Waals surface area contributed by atoms with Crippen LogP contribution in [0.5, 0.6) is 0 Å². The molecule has 0 bridgehead atoms. The lowest BCUT2D eigenvalue weighted by Gasteiger charge is -2.58. The van der Waals surface area contributed by atoms with Crippen LogP contribution in [0.25, 0.3) is 0 Å². The van der Waals surface area contributed by atoms with E-state index in [0.717, 1.165) is 43.8 Å². The summed E-state index contributed by atoms with van der Waals surface area (Å²) in [7, 11) is 0. The zero-order valence-corrected chi connectivity index (χ0v) is 16.8. The van der Waals surface area contributed by atoms with E-state index in [2.05, 4.69) is 26.8 Å². The van der Waals surface area contributed by atoms with Gasteiger partial charge in [0.2, 0.25) is 0 Å². The fourth-order valence-electron chi connectivity index (χ4n) is 8.23. The topological polar surface area (TPSA) is 38.7 Å². The van der Waals surface area contributed by atoms with E-state index < -0.39 is 0 Å². The maximum atomic E-state index is 10.2. The largest absolute Gasteiger partial charge is 0.393 e. The molecule has 1 aliphatic heterocycles. The maximum Gasteiger partial charge on any atom is 0.169 e. The van der Waals surface area contributed by atoms with Gasteiger partial charge in [-0.1, -0.05) is 25.5 Å². The lowest BCUT2D eigenvalue weighted by Crippen LogP contribution is -2.53. The smallest absolute Gasteiger partial charge is 0.169 e. The summed E-state index contributed by atoms with van der Waals surface area (Å²) in [6.45, 7) is 8.78. The summed E-state index contributed by atoms with van der Waals surface area (Å²) in [5.41, 5.74) is 2.27. The predicted molar refractivity (Wildman–Crippen MR) is 102 cm³/mol. The van der Waals surface area contributed by atoms with Crippen molar-refractivity contribution in [2.75, 3.05) is 13.2 Å². The molecule has 4 fully saturated rings. The molecule has 7 atom stereocenters. The highest BCUT2D eigenvalue weighted by molar-refractivity contribution is 5.25. The molecule has 0 aromatic rings. The average Bonchev–Trinajstić information content (AvgIpc) is 3.19. The Bertz CT molecular complexity index is 607. The van der Waals surface area contributed by atoms with Gasteiger partial charge in [0.1, 0.15) is 0 Å². The highest BCUT2D eigenvalue weighted by atomic mass is 16.7. The van der Waals surface area contributed by atoms with E-state index in [1.807, 2.05) is 0 Å². The summed E-state index contributed by atoms with van der Waals surface area (Å²) in [4.78, 5) is 0. The zero-order valence-electron chi connectivity index (χ0n) is 16.8. The van der Waals surface area contributed by atoms with E-state index in [9.17, 15) is 5.11 Å². The van der Waals surface area contributed by atoms with Crippen LogP contribution >= 0.6 is 0 Å². The Labute approximate surface area is 158 Å². The van der Waals surface area contributed by atoms with Crippen LogP contribution in [-0.2, 0) is 9.47 Å². The van der Waals surface area contributed by atoms with Crippen molar-refractivity contribution in [3.63, 3.8) is 0 Å². The summed E-state index contributed by atoms with van der Waals surface area (Å²) < 4.78 is 12.3. The lowest BCUT2D eigenvalue weighted by atomic mass is 9.47. The molecular weight excluding hydrogens is 324 g/mol. The third-order valence-electron chi connectivity index (χ3n) is 9.57. The molecule has 0 radical (unpaired) electrons. The third kappa shape index (κ3) is 2.29. The Balaban J connectivity index is 1.45. The standard InChI is InChI=1S/C23H36O3/c1-21-10-8-16(24)14-15(21)4-5-17-18-6-7-20(23(3)25-12-13-26-23)22(18,2)11-9-19(17)21/h4,16-20,24H,5-14H2,1-3H3/t16-,17?,18?,19?,20?,21-,22-/m0/s1. The molecule has 26 heavy (non-hydrogen) atoms. The quantitative estimate of drug-likeness (QED) is 0.690. The van der Waals surface area contributed by atoms with Crippen molar-refractivity contribution in [2.24, 2.45) is 34.5 Å². The first kappa shape index (κ1) is 17.7. The predicted octanol–water partition coefficient (Wildman–Crippen LogP) is 4.69. The molecule has 0 spiro atoms. The van der Waals surface area contributed by atoms with Crippen LogP contribution in [0, 0.1) is 34.5 Å². The van der Waals surface area contributed by atoms with Crippen molar-refractivity contribution in [1.82, 2.24) is 0 Å². The minimum absolute atomic E-state index is 0.104. The highest BCUT2D eigenvalue weighted by Crippen LogP contribution is 2.68. The molecule has 3 heteroatoms. The molecule has 0 amide bonds. The number of hydrogen-bond acceptors (Lipinski definition) is 3. The van der Waals surface area contributed by atoms with Gasteiger partial charge in [-0.05, 0) is 86.9 Å². The Hall–Kier alpha value is -0.380. The molecule has 5 aliphatic rings. The van der Waals surface area contributed by atoms with Crippen LogP contribution in [0.4, 0.5) is 0 Å². The fourth-order valence-corrected chi connectivity index (χ4v) is 8.23. The first-order valence-electron chi connectivity index (χ1n) is 11.0. The summed E-state index contributed by atoms with van der Waals surface area (Å²) in [6, 6.07) is 0. The van der Waals surface area contributed by atoms with E-state index in [-0.39, 0.29) is 11.9 Å². The number of aliphatic hydroxyl groups is 1. The molecule has 0 aromatic heterocycles. The summed E-state index contributed by atoms with van der Waals surface area (Å²) in [5.74, 6) is 2.61. The summed E-state index contributed by atoms with van der Waals surface area (Å²) >= 11 is 0. The molecule has 4 aliphatic carbocycles. The molecule has 146 valence electrons. The maximum absolute atomic E-state index is 10.2. The van der Waals surface area contributed by atoms with Gasteiger partial charge in [-0.3, -0.25) is 0 Å². The summed E-state index contributed by atoms with van der Waals surface area (Å²) in [5, 5.41) is 10.2. The molecule has 0 aromatic carbocycles. The molecule has 1 N–H and O–H groups in total. The number of allylic oxidation sites excluding steroid dienone is 1. The van der Waals surface area contributed by atoms with Gasteiger partial charge in [0, 0.05) is 5.92 Å². The van der Waals surface area contributed by atoms with Crippen LogP contribution in [0.2, 0.25) is 0 Å². The van der Waals surface area contributed by atoms with Crippen molar-refractivity contribution in [1.29, 1.82) is 0 Å². The van der Waals surface area contributed by atoms with Gasteiger partial charge in [-0.15, -0.1) is 0 Å². The van der Waals surface area contributed by atoms with Crippen LogP contribution in [0.3, 0.4) is 0 Å². The number of aliphatic hydroxyl groups excluding tert-OH is 1. The first-order chi connectivity index (χ1) is 12.4. The van der Waals surface area contributed by atoms with E-state index in [0.29, 0.717) is 16.7 Å². The van der Waals surface area contributed by atoms with Gasteiger partial charge in [-0.2, -0.15) is 0 Å². The van der Waals surface area contributed by atoms with Gasteiger partial charge in [0.25, 0.3) is 0 Å². The number of hydrogen-bond donors (Lipinski definition) is 1. The van der Waals surface area contributed by atoms with Gasteiger partial charge in [-0.25, -0.2) is 0 Å². The number of fused-ring (bicyclic) bond motifs is 5. The van der Waals surface area contributed by atoms with Crippen LogP contribution in [-0.4, -0.2) is 30.2 Å². The second-order valence-corrected chi connectivity index (χ2v) is 10.5. The Morgan fingerprint density at radius 3 is 2.50 bits per heavy atom. The van der Waals surface area contributed by atoms with E-state index in [4.69, 9.17) is 9.47 Å². The minimum atomic E-state index is -0.356. The van der Waals surface area contributed by atoms with Gasteiger partial charge >= 0.3 is 0 Å². The highest BCUT2D eigenvalue weighted by Gasteiger charge is 2.62. The second kappa shape index (κ2) is 5.81. The van der Waals surface area contributed by atoms with E-state index in [1.165, 1.54) is 38.5 Å². The number of rotatable bonds is 1. The average molecular weight is 361 g/mol. The van der Waals surface area contributed by atoms with Crippen molar-refractivity contribution >= 4 is 0 Å². The Kier molecular flexibility index (Phi) is 3.96. The normalized spacial score (nSPS) is 52.8. The fraction of sp³-hybridized carbons (Fsp3) is 0.913. The molecule has 5 rings (SSSR count). The van der Waals surface area contributed by atoms with E-state index >= 15 is 0 Å². The van der Waals surface area contributed by atoms with Crippen molar-refractivity contribution in [2.45, 2.75) is 84.0 Å².